The van der Waals surface area contributed by atoms with Crippen molar-refractivity contribution in [2.45, 2.75) is 13.5 Å². The molecule has 0 spiro atoms. The van der Waals surface area contributed by atoms with E-state index in [1.807, 2.05) is 19.1 Å². The molecule has 0 aliphatic carbocycles. The summed E-state index contributed by atoms with van der Waals surface area (Å²) in [6.45, 7) is 2.68. The number of hydrogen-bond acceptors (Lipinski definition) is 4. The van der Waals surface area contributed by atoms with Gasteiger partial charge >= 0.3 is 0 Å². The summed E-state index contributed by atoms with van der Waals surface area (Å²) >= 11 is 0. The van der Waals surface area contributed by atoms with Crippen LogP contribution in [0, 0.1) is 6.92 Å². The van der Waals surface area contributed by atoms with Crippen molar-refractivity contribution >= 4 is 11.5 Å². The largest absolute Gasteiger partial charge is 0.472 e. The number of anilines is 2. The molecule has 78 valence electrons. The van der Waals surface area contributed by atoms with E-state index in [1.165, 1.54) is 0 Å². The first-order valence-electron chi connectivity index (χ1n) is 4.73. The minimum Gasteiger partial charge on any atom is -0.472 e. The number of nitrogen functional groups attached to an aromatic ring is 1. The van der Waals surface area contributed by atoms with E-state index in [1.54, 1.807) is 18.7 Å². The third-order valence-electron chi connectivity index (χ3n) is 2.14. The SMILES string of the molecule is Cc1cc(N)cnc1NCc1ccoc1. The molecule has 0 saturated carbocycles. The zero-order valence-electron chi connectivity index (χ0n) is 8.53. The van der Waals surface area contributed by atoms with Gasteiger partial charge in [0, 0.05) is 12.1 Å². The molecule has 4 heteroatoms. The Bertz CT molecular complexity index is 437. The van der Waals surface area contributed by atoms with Gasteiger partial charge in [-0.3, -0.25) is 0 Å². The summed E-state index contributed by atoms with van der Waals surface area (Å²) in [5, 5.41) is 3.22. The van der Waals surface area contributed by atoms with Crippen LogP contribution in [0.3, 0.4) is 0 Å². The number of rotatable bonds is 3. The molecule has 0 saturated heterocycles. The molecule has 0 atom stereocenters. The molecule has 0 radical (unpaired) electrons. The lowest BCUT2D eigenvalue weighted by atomic mass is 10.2. The summed E-state index contributed by atoms with van der Waals surface area (Å²) < 4.78 is 4.97. The smallest absolute Gasteiger partial charge is 0.129 e. The maximum atomic E-state index is 5.61. The zero-order chi connectivity index (χ0) is 10.7. The second kappa shape index (κ2) is 4.04. The van der Waals surface area contributed by atoms with Gasteiger partial charge in [-0.15, -0.1) is 0 Å². The molecule has 2 aromatic rings. The number of aromatic nitrogens is 1. The fourth-order valence-corrected chi connectivity index (χ4v) is 1.36. The van der Waals surface area contributed by atoms with Crippen molar-refractivity contribution in [2.24, 2.45) is 0 Å². The Morgan fingerprint density at radius 2 is 2.40 bits per heavy atom. The second-order valence-corrected chi connectivity index (χ2v) is 3.42. The van der Waals surface area contributed by atoms with Crippen molar-refractivity contribution in [3.63, 3.8) is 0 Å². The van der Waals surface area contributed by atoms with Gasteiger partial charge in [-0.25, -0.2) is 4.98 Å². The normalized spacial score (nSPS) is 10.2. The van der Waals surface area contributed by atoms with Crippen LogP contribution in [-0.2, 0) is 6.54 Å². The van der Waals surface area contributed by atoms with Gasteiger partial charge in [-0.2, -0.15) is 0 Å². The number of nitrogens with zero attached hydrogens (tertiary/aromatic N) is 1. The maximum Gasteiger partial charge on any atom is 0.129 e. The second-order valence-electron chi connectivity index (χ2n) is 3.42. The first kappa shape index (κ1) is 9.58. The Hall–Kier alpha value is -1.97. The summed E-state index contributed by atoms with van der Waals surface area (Å²) in [4.78, 5) is 4.21. The summed E-state index contributed by atoms with van der Waals surface area (Å²) in [7, 11) is 0. The van der Waals surface area contributed by atoms with Gasteiger partial charge in [-0.05, 0) is 24.6 Å². The van der Waals surface area contributed by atoms with E-state index in [9.17, 15) is 0 Å². The van der Waals surface area contributed by atoms with Crippen LogP contribution in [0.1, 0.15) is 11.1 Å². The molecule has 2 heterocycles. The Morgan fingerprint density at radius 3 is 3.07 bits per heavy atom. The van der Waals surface area contributed by atoms with Gasteiger partial charge in [0.15, 0.2) is 0 Å². The number of hydrogen-bond donors (Lipinski definition) is 2. The standard InChI is InChI=1S/C11H13N3O/c1-8-4-10(12)6-14-11(8)13-5-9-2-3-15-7-9/h2-4,6-7H,5,12H2,1H3,(H,13,14). The molecular weight excluding hydrogens is 190 g/mol. The maximum absolute atomic E-state index is 5.61. The van der Waals surface area contributed by atoms with Crippen molar-refractivity contribution < 1.29 is 4.42 Å². The third kappa shape index (κ3) is 2.28. The Labute approximate surface area is 88.1 Å². The van der Waals surface area contributed by atoms with Gasteiger partial charge in [0.1, 0.15) is 5.82 Å². The summed E-state index contributed by atoms with van der Waals surface area (Å²) in [5.41, 5.74) is 8.43. The lowest BCUT2D eigenvalue weighted by Gasteiger charge is -2.07. The molecule has 0 aliphatic heterocycles. The van der Waals surface area contributed by atoms with Gasteiger partial charge < -0.3 is 15.5 Å². The molecule has 0 fully saturated rings. The number of furan rings is 1. The number of aryl methyl sites for hydroxylation is 1. The van der Waals surface area contributed by atoms with Crippen LogP contribution in [0.15, 0.2) is 35.3 Å². The van der Waals surface area contributed by atoms with Crippen LogP contribution in [0.5, 0.6) is 0 Å². The van der Waals surface area contributed by atoms with Crippen LogP contribution in [-0.4, -0.2) is 4.98 Å². The molecule has 0 bridgehead atoms. The lowest BCUT2D eigenvalue weighted by molar-refractivity contribution is 0.564. The van der Waals surface area contributed by atoms with E-state index in [0.717, 1.165) is 16.9 Å². The fraction of sp³-hybridized carbons (Fsp3) is 0.182. The predicted octanol–water partition coefficient (Wildman–Crippen LogP) is 2.18. The topological polar surface area (TPSA) is 64.1 Å². The highest BCUT2D eigenvalue weighted by Crippen LogP contribution is 2.14. The first-order valence-corrected chi connectivity index (χ1v) is 4.73. The fourth-order valence-electron chi connectivity index (χ4n) is 1.36. The van der Waals surface area contributed by atoms with Crippen molar-refractivity contribution in [1.29, 1.82) is 0 Å². The van der Waals surface area contributed by atoms with Crippen molar-refractivity contribution in [3.05, 3.63) is 42.0 Å². The van der Waals surface area contributed by atoms with Gasteiger partial charge in [-0.1, -0.05) is 0 Å². The van der Waals surface area contributed by atoms with E-state index in [2.05, 4.69) is 10.3 Å². The van der Waals surface area contributed by atoms with Gasteiger partial charge in [0.05, 0.1) is 24.4 Å². The molecule has 0 aromatic carbocycles. The molecule has 2 rings (SSSR count). The monoisotopic (exact) mass is 203 g/mol. The van der Waals surface area contributed by atoms with Crippen LogP contribution in [0.2, 0.25) is 0 Å². The number of nitrogens with one attached hydrogen (secondary N) is 1. The Balaban J connectivity index is 2.05. The van der Waals surface area contributed by atoms with E-state index >= 15 is 0 Å². The van der Waals surface area contributed by atoms with Crippen molar-refractivity contribution in [2.75, 3.05) is 11.1 Å². The first-order chi connectivity index (χ1) is 7.25. The van der Waals surface area contributed by atoms with Crippen molar-refractivity contribution in [3.8, 4) is 0 Å². The van der Waals surface area contributed by atoms with E-state index in [-0.39, 0.29) is 0 Å². The van der Waals surface area contributed by atoms with Crippen LogP contribution in [0.4, 0.5) is 11.5 Å². The van der Waals surface area contributed by atoms with E-state index in [4.69, 9.17) is 10.2 Å². The zero-order valence-corrected chi connectivity index (χ0v) is 8.53. The molecule has 2 aromatic heterocycles. The predicted molar refractivity (Wildman–Crippen MR) is 59.4 cm³/mol. The molecule has 4 nitrogen and oxygen atoms in total. The number of nitrogens with two attached hydrogens (primary N) is 1. The summed E-state index contributed by atoms with van der Waals surface area (Å²) in [5.74, 6) is 0.852. The number of pyridine rings is 1. The van der Waals surface area contributed by atoms with E-state index in [0.29, 0.717) is 12.2 Å². The molecule has 0 amide bonds. The van der Waals surface area contributed by atoms with Crippen LogP contribution in [0.25, 0.3) is 0 Å². The van der Waals surface area contributed by atoms with Gasteiger partial charge in [0.25, 0.3) is 0 Å². The molecular formula is C11H13N3O. The lowest BCUT2D eigenvalue weighted by Crippen LogP contribution is -2.02. The van der Waals surface area contributed by atoms with Gasteiger partial charge in [0.2, 0.25) is 0 Å². The van der Waals surface area contributed by atoms with E-state index < -0.39 is 0 Å². The highest BCUT2D eigenvalue weighted by atomic mass is 16.3. The highest BCUT2D eigenvalue weighted by Gasteiger charge is 2.00. The Morgan fingerprint density at radius 1 is 1.53 bits per heavy atom. The third-order valence-corrected chi connectivity index (χ3v) is 2.14. The molecule has 0 aliphatic rings. The summed E-state index contributed by atoms with van der Waals surface area (Å²) in [6, 6.07) is 3.81. The average Bonchev–Trinajstić information content (AvgIpc) is 2.69. The highest BCUT2D eigenvalue weighted by molar-refractivity contribution is 5.50. The van der Waals surface area contributed by atoms with Crippen LogP contribution >= 0.6 is 0 Å². The molecule has 3 N–H and O–H groups in total. The summed E-state index contributed by atoms with van der Waals surface area (Å²) in [6.07, 6.45) is 5.00. The van der Waals surface area contributed by atoms with Crippen LogP contribution < -0.4 is 11.1 Å². The minimum atomic E-state index is 0.682. The average molecular weight is 203 g/mol. The van der Waals surface area contributed by atoms with Crippen molar-refractivity contribution in [1.82, 2.24) is 4.98 Å². The minimum absolute atomic E-state index is 0.682. The Kier molecular flexibility index (Phi) is 2.58. The quantitative estimate of drug-likeness (QED) is 0.802. The molecule has 0 unspecified atom stereocenters. The molecule has 15 heavy (non-hydrogen) atoms.